The zero-order valence-electron chi connectivity index (χ0n) is 11.4. The van der Waals surface area contributed by atoms with E-state index in [-0.39, 0.29) is 11.7 Å². The van der Waals surface area contributed by atoms with Gasteiger partial charge in [-0.25, -0.2) is 0 Å². The quantitative estimate of drug-likeness (QED) is 0.847. The molecule has 0 aliphatic carbocycles. The van der Waals surface area contributed by atoms with Gasteiger partial charge in [0.05, 0.1) is 5.56 Å². The van der Waals surface area contributed by atoms with E-state index in [9.17, 15) is 18.0 Å². The van der Waals surface area contributed by atoms with Gasteiger partial charge < -0.3 is 0 Å². The molecule has 0 aromatic heterocycles. The van der Waals surface area contributed by atoms with Crippen LogP contribution < -0.4 is 0 Å². The summed E-state index contributed by atoms with van der Waals surface area (Å²) in [6.07, 6.45) is -2.69. The average Bonchev–Trinajstić information content (AvgIpc) is 2.38. The number of hydrogen-bond acceptors (Lipinski definition) is 2. The molecule has 2 nitrogen and oxygen atoms in total. The van der Waals surface area contributed by atoms with Crippen LogP contribution in [0.5, 0.6) is 0 Å². The summed E-state index contributed by atoms with van der Waals surface area (Å²) >= 11 is 0. The number of rotatable bonds is 3. The van der Waals surface area contributed by atoms with Gasteiger partial charge in [-0.1, -0.05) is 18.2 Å². The minimum Gasteiger partial charge on any atom is -0.300 e. The van der Waals surface area contributed by atoms with Gasteiger partial charge in [0, 0.05) is 12.5 Å². The normalized spacial score (nSPS) is 18.2. The monoisotopic (exact) mass is 285 g/mol. The fourth-order valence-electron chi connectivity index (χ4n) is 2.60. The second kappa shape index (κ2) is 5.95. The molecule has 1 aromatic carbocycles. The Hall–Kier alpha value is -1.36. The number of halogens is 3. The zero-order chi connectivity index (χ0) is 14.8. The highest BCUT2D eigenvalue weighted by molar-refractivity contribution is 5.78. The zero-order valence-corrected chi connectivity index (χ0v) is 11.4. The summed E-state index contributed by atoms with van der Waals surface area (Å²) < 4.78 is 37.9. The van der Waals surface area contributed by atoms with Crippen molar-refractivity contribution in [3.63, 3.8) is 0 Å². The number of carbonyl (C=O) groups is 1. The smallest absolute Gasteiger partial charge is 0.300 e. The molecular weight excluding hydrogens is 267 g/mol. The molecule has 110 valence electrons. The second-order valence-corrected chi connectivity index (χ2v) is 5.36. The van der Waals surface area contributed by atoms with Crippen LogP contribution in [0.4, 0.5) is 13.2 Å². The van der Waals surface area contributed by atoms with E-state index < -0.39 is 11.7 Å². The molecule has 0 amide bonds. The molecule has 0 saturated carbocycles. The topological polar surface area (TPSA) is 20.3 Å². The molecule has 1 aliphatic heterocycles. The predicted octanol–water partition coefficient (Wildman–Crippen LogP) is 3.51. The van der Waals surface area contributed by atoms with Crippen molar-refractivity contribution in [2.24, 2.45) is 5.92 Å². The van der Waals surface area contributed by atoms with Gasteiger partial charge in [-0.2, -0.15) is 13.2 Å². The summed E-state index contributed by atoms with van der Waals surface area (Å²) in [5.74, 6) is 0.330. The summed E-state index contributed by atoms with van der Waals surface area (Å²) in [7, 11) is 0. The van der Waals surface area contributed by atoms with Crippen molar-refractivity contribution >= 4 is 5.78 Å². The third-order valence-corrected chi connectivity index (χ3v) is 3.82. The van der Waals surface area contributed by atoms with Crippen molar-refractivity contribution in [3.05, 3.63) is 35.4 Å². The highest BCUT2D eigenvalue weighted by Crippen LogP contribution is 2.30. The second-order valence-electron chi connectivity index (χ2n) is 5.36. The first kappa shape index (κ1) is 15.0. The average molecular weight is 285 g/mol. The standard InChI is InChI=1S/C15H18F3NO/c1-11(20)13-5-7-19(8-6-13)10-12-3-2-4-14(9-12)15(16,17)18/h2-4,9,13H,5-8,10H2,1H3. The molecule has 1 heterocycles. The van der Waals surface area contributed by atoms with Crippen LogP contribution in [-0.2, 0) is 17.5 Å². The minimum atomic E-state index is -4.29. The first-order valence-electron chi connectivity index (χ1n) is 6.75. The molecule has 0 spiro atoms. The Balaban J connectivity index is 1.96. The van der Waals surface area contributed by atoms with Crippen molar-refractivity contribution in [3.8, 4) is 0 Å². The number of hydrogen-bond donors (Lipinski definition) is 0. The number of benzene rings is 1. The number of alkyl halides is 3. The van der Waals surface area contributed by atoms with Crippen LogP contribution in [0.3, 0.4) is 0 Å². The number of likely N-dealkylation sites (tertiary alicyclic amines) is 1. The Bertz CT molecular complexity index is 476. The molecule has 2 rings (SSSR count). The van der Waals surface area contributed by atoms with Crippen molar-refractivity contribution in [1.82, 2.24) is 4.90 Å². The largest absolute Gasteiger partial charge is 0.416 e. The van der Waals surface area contributed by atoms with Crippen molar-refractivity contribution in [1.29, 1.82) is 0 Å². The van der Waals surface area contributed by atoms with Crippen molar-refractivity contribution in [2.75, 3.05) is 13.1 Å². The Morgan fingerprint density at radius 2 is 1.95 bits per heavy atom. The van der Waals surface area contributed by atoms with E-state index in [0.29, 0.717) is 12.1 Å². The SMILES string of the molecule is CC(=O)C1CCN(Cc2cccc(C(F)(F)F)c2)CC1. The Kier molecular flexibility index (Phi) is 4.48. The molecular formula is C15H18F3NO. The van der Waals surface area contributed by atoms with Gasteiger partial charge >= 0.3 is 6.18 Å². The molecule has 0 unspecified atom stereocenters. The lowest BCUT2D eigenvalue weighted by molar-refractivity contribution is -0.137. The maximum atomic E-state index is 12.6. The molecule has 5 heteroatoms. The Morgan fingerprint density at radius 1 is 1.30 bits per heavy atom. The first-order chi connectivity index (χ1) is 9.36. The number of carbonyl (C=O) groups excluding carboxylic acids is 1. The Labute approximate surface area is 116 Å². The van der Waals surface area contributed by atoms with Crippen LogP contribution in [0.15, 0.2) is 24.3 Å². The molecule has 20 heavy (non-hydrogen) atoms. The van der Waals surface area contributed by atoms with E-state index in [2.05, 4.69) is 4.90 Å². The van der Waals surface area contributed by atoms with Crippen molar-refractivity contribution in [2.45, 2.75) is 32.5 Å². The van der Waals surface area contributed by atoms with E-state index in [4.69, 9.17) is 0 Å². The van der Waals surface area contributed by atoms with Gasteiger partial charge in [-0.15, -0.1) is 0 Å². The number of Topliss-reactive ketones (excluding diaryl/α,β-unsaturated/α-hetero) is 1. The van der Waals surface area contributed by atoms with Gasteiger partial charge in [0.25, 0.3) is 0 Å². The number of ketones is 1. The number of piperidine rings is 1. The molecule has 0 radical (unpaired) electrons. The van der Waals surface area contributed by atoms with Crippen LogP contribution >= 0.6 is 0 Å². The first-order valence-corrected chi connectivity index (χ1v) is 6.75. The molecule has 0 N–H and O–H groups in total. The third kappa shape index (κ3) is 3.82. The van der Waals surface area contributed by atoms with Gasteiger partial charge in [0.2, 0.25) is 0 Å². The predicted molar refractivity (Wildman–Crippen MR) is 70.1 cm³/mol. The maximum Gasteiger partial charge on any atom is 0.416 e. The van der Waals surface area contributed by atoms with Crippen LogP contribution in [0.1, 0.15) is 30.9 Å². The van der Waals surface area contributed by atoms with E-state index in [1.165, 1.54) is 12.1 Å². The molecule has 0 bridgehead atoms. The molecule has 1 aliphatic rings. The lowest BCUT2D eigenvalue weighted by atomic mass is 9.93. The van der Waals surface area contributed by atoms with Crippen LogP contribution in [0.2, 0.25) is 0 Å². The van der Waals surface area contributed by atoms with Gasteiger partial charge in [0.1, 0.15) is 5.78 Å². The fourth-order valence-corrected chi connectivity index (χ4v) is 2.60. The fraction of sp³-hybridized carbons (Fsp3) is 0.533. The summed E-state index contributed by atoms with van der Waals surface area (Å²) in [4.78, 5) is 13.4. The molecule has 0 atom stereocenters. The summed E-state index contributed by atoms with van der Waals surface area (Å²) in [6, 6.07) is 5.45. The number of nitrogens with zero attached hydrogens (tertiary/aromatic N) is 1. The van der Waals surface area contributed by atoms with Gasteiger partial charge in [-0.3, -0.25) is 9.69 Å². The van der Waals surface area contributed by atoms with Gasteiger partial charge in [-0.05, 0) is 44.5 Å². The minimum absolute atomic E-state index is 0.118. The van der Waals surface area contributed by atoms with E-state index >= 15 is 0 Å². The van der Waals surface area contributed by atoms with Gasteiger partial charge in [0.15, 0.2) is 0 Å². The lowest BCUT2D eigenvalue weighted by Crippen LogP contribution is -2.35. The summed E-state index contributed by atoms with van der Waals surface area (Å²) in [5, 5.41) is 0. The van der Waals surface area contributed by atoms with E-state index in [1.807, 2.05) is 0 Å². The molecule has 1 aromatic rings. The lowest BCUT2D eigenvalue weighted by Gasteiger charge is -2.30. The van der Waals surface area contributed by atoms with E-state index in [0.717, 1.165) is 32.0 Å². The van der Waals surface area contributed by atoms with Crippen LogP contribution in [0, 0.1) is 5.92 Å². The molecule has 1 fully saturated rings. The summed E-state index contributed by atoms with van der Waals surface area (Å²) in [6.45, 7) is 3.64. The Morgan fingerprint density at radius 3 is 2.50 bits per heavy atom. The van der Waals surface area contributed by atoms with E-state index in [1.54, 1.807) is 13.0 Å². The van der Waals surface area contributed by atoms with Crippen LogP contribution in [-0.4, -0.2) is 23.8 Å². The third-order valence-electron chi connectivity index (χ3n) is 3.82. The highest BCUT2D eigenvalue weighted by atomic mass is 19.4. The molecule has 1 saturated heterocycles. The highest BCUT2D eigenvalue weighted by Gasteiger charge is 2.30. The maximum absolute atomic E-state index is 12.6. The summed E-state index contributed by atoms with van der Waals surface area (Å²) in [5.41, 5.74) is 0.0646. The van der Waals surface area contributed by atoms with Crippen molar-refractivity contribution < 1.29 is 18.0 Å². The van der Waals surface area contributed by atoms with Crippen LogP contribution in [0.25, 0.3) is 0 Å².